The van der Waals surface area contributed by atoms with Crippen molar-refractivity contribution in [2.24, 2.45) is 5.73 Å². The van der Waals surface area contributed by atoms with Crippen molar-refractivity contribution in [3.8, 4) is 0 Å². The van der Waals surface area contributed by atoms with E-state index in [1.54, 1.807) is 0 Å². The lowest BCUT2D eigenvalue weighted by Crippen LogP contribution is -2.30. The van der Waals surface area contributed by atoms with Crippen molar-refractivity contribution in [3.05, 3.63) is 17.0 Å². The summed E-state index contributed by atoms with van der Waals surface area (Å²) in [6.07, 6.45) is 1.69. The molecule has 0 spiro atoms. The van der Waals surface area contributed by atoms with Gasteiger partial charge in [-0.1, -0.05) is 0 Å². The van der Waals surface area contributed by atoms with Crippen molar-refractivity contribution in [2.45, 2.75) is 19.4 Å². The van der Waals surface area contributed by atoms with Crippen LogP contribution in [0.15, 0.2) is 6.33 Å². The maximum Gasteiger partial charge on any atom is 0.485 e. The van der Waals surface area contributed by atoms with Crippen LogP contribution in [0.5, 0.6) is 0 Å². The summed E-state index contributed by atoms with van der Waals surface area (Å²) in [6, 6.07) is -0.582. The Bertz CT molecular complexity index is 350. The van der Waals surface area contributed by atoms with Crippen molar-refractivity contribution in [2.75, 3.05) is 0 Å². The average molecular weight is 180 g/mol. The summed E-state index contributed by atoms with van der Waals surface area (Å²) in [5.41, 5.74) is 6.07. The van der Waals surface area contributed by atoms with Crippen LogP contribution in [0.3, 0.4) is 0 Å². The number of carbonyl (C=O) groups excluding carboxylic acids is 1. The third-order valence-corrected chi connectivity index (χ3v) is 1.74. The third kappa shape index (κ3) is 2.10. The van der Waals surface area contributed by atoms with Gasteiger partial charge in [-0.05, 0) is 11.9 Å². The van der Waals surface area contributed by atoms with E-state index >= 15 is 0 Å². The first-order valence-electron chi connectivity index (χ1n) is 3.78. The van der Waals surface area contributed by atoms with Gasteiger partial charge in [0.2, 0.25) is 6.33 Å². The molecular weight excluding hydrogens is 170 g/mol. The van der Waals surface area contributed by atoms with Crippen LogP contribution in [0.2, 0.25) is 0 Å². The number of diazo groups is 1. The number of nitrogens with zero attached hydrogens (tertiary/aromatic N) is 3. The van der Waals surface area contributed by atoms with Crippen LogP contribution < -0.4 is 5.73 Å². The van der Waals surface area contributed by atoms with Gasteiger partial charge in [0, 0.05) is 11.4 Å². The highest BCUT2D eigenvalue weighted by Crippen LogP contribution is 2.14. The molecule has 6 nitrogen and oxygen atoms in total. The highest BCUT2D eigenvalue weighted by molar-refractivity contribution is 5.81. The van der Waals surface area contributed by atoms with Crippen LogP contribution in [0.4, 0.5) is 5.82 Å². The van der Waals surface area contributed by atoms with Gasteiger partial charge in [0.15, 0.2) is 0 Å². The number of aromatic nitrogens is 2. The van der Waals surface area contributed by atoms with E-state index < -0.39 is 6.04 Å². The lowest BCUT2D eigenvalue weighted by molar-refractivity contribution is -0.118. The van der Waals surface area contributed by atoms with Crippen molar-refractivity contribution >= 4 is 11.6 Å². The number of carbonyl (C=O) groups is 1. The number of hydrogen-bond acceptors (Lipinski definition) is 4. The van der Waals surface area contributed by atoms with Crippen LogP contribution in [0, 0.1) is 5.39 Å². The molecule has 0 fully saturated rings. The van der Waals surface area contributed by atoms with Gasteiger partial charge in [-0.15, -0.1) is 0 Å². The van der Waals surface area contributed by atoms with E-state index in [0.29, 0.717) is 12.1 Å². The number of rotatable bonds is 3. The molecule has 1 atom stereocenters. The molecule has 0 saturated heterocycles. The number of nitrogens with two attached hydrogens (primary N) is 1. The number of nitrogens with one attached hydrogen (secondary N) is 1. The molecule has 0 aliphatic rings. The van der Waals surface area contributed by atoms with Crippen LogP contribution >= 0.6 is 0 Å². The van der Waals surface area contributed by atoms with Gasteiger partial charge in [0.05, 0.1) is 11.4 Å². The van der Waals surface area contributed by atoms with Crippen LogP contribution in [-0.2, 0) is 11.2 Å². The average Bonchev–Trinajstić information content (AvgIpc) is 2.51. The van der Waals surface area contributed by atoms with E-state index in [1.165, 1.54) is 13.3 Å². The number of hydrogen-bond donors (Lipinski definition) is 2. The molecule has 1 unspecified atom stereocenters. The standard InChI is InChI=1S/C7H10N5O/c1-4(13)5(8)2-6-7(12-9)11-3-10-6/h3,5H,2,8H2,1H3,(H,10,11)/q+1. The van der Waals surface area contributed by atoms with E-state index in [1.807, 2.05) is 0 Å². The SMILES string of the molecule is CC(=O)C(N)Cc1[nH]cnc1[N+]#N. The zero-order valence-electron chi connectivity index (χ0n) is 7.19. The highest BCUT2D eigenvalue weighted by Gasteiger charge is 2.20. The quantitative estimate of drug-likeness (QED) is 0.655. The molecule has 1 rings (SSSR count). The lowest BCUT2D eigenvalue weighted by Gasteiger charge is -2.02. The van der Waals surface area contributed by atoms with Crippen molar-refractivity contribution in [1.82, 2.24) is 9.97 Å². The predicted molar refractivity (Wildman–Crippen MR) is 45.7 cm³/mol. The van der Waals surface area contributed by atoms with Gasteiger partial charge < -0.3 is 10.7 Å². The molecule has 0 bridgehead atoms. The summed E-state index contributed by atoms with van der Waals surface area (Å²) < 4.78 is 0. The van der Waals surface area contributed by atoms with E-state index in [2.05, 4.69) is 14.9 Å². The number of Topliss-reactive ketones (excluding diaryl/α,β-unsaturated/α-hetero) is 1. The third-order valence-electron chi connectivity index (χ3n) is 1.74. The Hall–Kier alpha value is -1.74. The maximum atomic E-state index is 10.8. The highest BCUT2D eigenvalue weighted by atomic mass is 16.1. The summed E-state index contributed by atoms with van der Waals surface area (Å²) >= 11 is 0. The zero-order chi connectivity index (χ0) is 9.84. The summed E-state index contributed by atoms with van der Waals surface area (Å²) in [4.78, 5) is 20.2. The Morgan fingerprint density at radius 2 is 2.62 bits per heavy atom. The first kappa shape index (κ1) is 9.35. The summed E-state index contributed by atoms with van der Waals surface area (Å²) in [7, 11) is 0. The first-order valence-corrected chi connectivity index (χ1v) is 3.78. The van der Waals surface area contributed by atoms with E-state index in [9.17, 15) is 4.79 Å². The molecule has 0 aromatic carbocycles. The molecule has 68 valence electrons. The second-order valence-corrected chi connectivity index (χ2v) is 2.73. The maximum absolute atomic E-state index is 10.8. The topological polar surface area (TPSA) is 99.9 Å². The molecule has 1 aromatic rings. The molecule has 0 aliphatic heterocycles. The molecule has 0 aliphatic carbocycles. The van der Waals surface area contributed by atoms with E-state index in [0.717, 1.165) is 0 Å². The normalized spacial score (nSPS) is 12.1. The van der Waals surface area contributed by atoms with Gasteiger partial charge in [0.1, 0.15) is 11.5 Å². The van der Waals surface area contributed by atoms with Gasteiger partial charge in [-0.3, -0.25) is 4.79 Å². The smallest absolute Gasteiger partial charge is 0.321 e. The van der Waals surface area contributed by atoms with Crippen molar-refractivity contribution in [1.29, 1.82) is 5.39 Å². The van der Waals surface area contributed by atoms with Crippen LogP contribution in [-0.4, -0.2) is 21.8 Å². The minimum absolute atomic E-state index is 0.113. The Morgan fingerprint density at radius 1 is 1.92 bits per heavy atom. The molecule has 1 aromatic heterocycles. The second-order valence-electron chi connectivity index (χ2n) is 2.73. The zero-order valence-corrected chi connectivity index (χ0v) is 7.19. The molecule has 0 radical (unpaired) electrons. The number of aromatic amines is 1. The largest absolute Gasteiger partial charge is 0.485 e. The summed E-state index contributed by atoms with van der Waals surface area (Å²) in [6.45, 7) is 1.41. The fourth-order valence-electron chi connectivity index (χ4n) is 0.914. The molecule has 1 heterocycles. The van der Waals surface area contributed by atoms with Gasteiger partial charge in [0.25, 0.3) is 0 Å². The van der Waals surface area contributed by atoms with Gasteiger partial charge in [-0.25, -0.2) is 0 Å². The fraction of sp³-hybridized carbons (Fsp3) is 0.429. The number of imidazole rings is 1. The predicted octanol–water partition coefficient (Wildman–Crippen LogP) is 0.353. The second kappa shape index (κ2) is 3.78. The molecule has 3 N–H and O–H groups in total. The summed E-state index contributed by atoms with van der Waals surface area (Å²) in [5.74, 6) is 0.0650. The van der Waals surface area contributed by atoms with Gasteiger partial charge >= 0.3 is 5.82 Å². The fourth-order valence-corrected chi connectivity index (χ4v) is 0.914. The number of ketones is 1. The Morgan fingerprint density at radius 3 is 3.15 bits per heavy atom. The van der Waals surface area contributed by atoms with Crippen molar-refractivity contribution in [3.63, 3.8) is 0 Å². The molecular formula is C7H10N5O+. The molecule has 6 heteroatoms. The van der Waals surface area contributed by atoms with E-state index in [-0.39, 0.29) is 11.6 Å². The Kier molecular flexibility index (Phi) is 2.72. The first-order chi connectivity index (χ1) is 6.15. The minimum Gasteiger partial charge on any atom is -0.321 e. The van der Waals surface area contributed by atoms with Gasteiger partial charge in [-0.2, -0.15) is 0 Å². The lowest BCUT2D eigenvalue weighted by atomic mass is 10.1. The van der Waals surface area contributed by atoms with Crippen LogP contribution in [0.1, 0.15) is 12.6 Å². The molecule has 0 saturated carbocycles. The van der Waals surface area contributed by atoms with Crippen molar-refractivity contribution < 1.29 is 4.79 Å². The molecule has 13 heavy (non-hydrogen) atoms. The van der Waals surface area contributed by atoms with E-state index in [4.69, 9.17) is 11.1 Å². The minimum atomic E-state index is -0.582. The Balaban J connectivity index is 2.75. The monoisotopic (exact) mass is 180 g/mol. The summed E-state index contributed by atoms with van der Waals surface area (Å²) in [5, 5.41) is 8.48. The number of H-pyrrole nitrogens is 1. The molecule has 0 amide bonds. The Labute approximate surface area is 74.8 Å². The van der Waals surface area contributed by atoms with Crippen LogP contribution in [0.25, 0.3) is 4.98 Å².